The van der Waals surface area contributed by atoms with Crippen LogP contribution in [0.4, 0.5) is 0 Å². The van der Waals surface area contributed by atoms with Crippen molar-refractivity contribution in [3.63, 3.8) is 0 Å². The minimum Gasteiger partial charge on any atom is -0.323 e. The van der Waals surface area contributed by atoms with Gasteiger partial charge in [-0.05, 0) is 18.3 Å². The molecular formula is C9H19NO6P2. The highest BCUT2D eigenvalue weighted by Crippen LogP contribution is 2.64. The Hall–Kier alpha value is 0.260. The van der Waals surface area contributed by atoms with Crippen molar-refractivity contribution in [1.29, 1.82) is 0 Å². The van der Waals surface area contributed by atoms with Crippen LogP contribution in [0.2, 0.25) is 0 Å². The smallest absolute Gasteiger partial charge is 0.323 e. The Labute approximate surface area is 106 Å². The van der Waals surface area contributed by atoms with E-state index in [9.17, 15) is 9.13 Å². The van der Waals surface area contributed by atoms with Crippen LogP contribution in [0.1, 0.15) is 32.1 Å². The molecule has 1 spiro atoms. The third-order valence-corrected chi connectivity index (χ3v) is 7.58. The lowest BCUT2D eigenvalue weighted by atomic mass is 9.69. The number of rotatable bonds is 3. The number of likely N-dealkylation sites (tertiary alicyclic amines) is 1. The summed E-state index contributed by atoms with van der Waals surface area (Å²) in [6, 6.07) is 0. The van der Waals surface area contributed by atoms with E-state index >= 15 is 0 Å². The van der Waals surface area contributed by atoms with Gasteiger partial charge in [-0.2, -0.15) is 0 Å². The highest BCUT2D eigenvalue weighted by molar-refractivity contribution is 7.70. The summed E-state index contributed by atoms with van der Waals surface area (Å²) >= 11 is 0. The average Bonchev–Trinajstić information content (AvgIpc) is 2.12. The lowest BCUT2D eigenvalue weighted by Gasteiger charge is -2.54. The van der Waals surface area contributed by atoms with E-state index in [4.69, 9.17) is 19.6 Å². The van der Waals surface area contributed by atoms with Crippen LogP contribution in [-0.2, 0) is 9.13 Å². The zero-order valence-corrected chi connectivity index (χ0v) is 11.8. The molecule has 1 saturated carbocycles. The molecule has 4 N–H and O–H groups in total. The average molecular weight is 299 g/mol. The molecule has 2 aliphatic rings. The SMILES string of the molecule is O=P(O)(O)C(N1CC2(CCCCC2)C1)P(=O)(O)O. The molecule has 0 aromatic heterocycles. The molecule has 106 valence electrons. The van der Waals surface area contributed by atoms with Gasteiger partial charge in [0.25, 0.3) is 0 Å². The molecule has 0 bridgehead atoms. The highest BCUT2D eigenvalue weighted by Gasteiger charge is 2.55. The van der Waals surface area contributed by atoms with Gasteiger partial charge < -0.3 is 19.6 Å². The highest BCUT2D eigenvalue weighted by atomic mass is 31.2. The topological polar surface area (TPSA) is 118 Å². The van der Waals surface area contributed by atoms with Crippen molar-refractivity contribution in [2.45, 2.75) is 37.6 Å². The molecule has 0 amide bonds. The monoisotopic (exact) mass is 299 g/mol. The summed E-state index contributed by atoms with van der Waals surface area (Å²) in [4.78, 5) is 37.7. The van der Waals surface area contributed by atoms with Gasteiger partial charge in [0.2, 0.25) is 5.52 Å². The van der Waals surface area contributed by atoms with Crippen molar-refractivity contribution in [1.82, 2.24) is 4.90 Å². The first-order valence-electron chi connectivity index (χ1n) is 5.99. The van der Waals surface area contributed by atoms with Gasteiger partial charge in [0, 0.05) is 13.1 Å². The van der Waals surface area contributed by atoms with Crippen molar-refractivity contribution < 1.29 is 28.7 Å². The van der Waals surface area contributed by atoms with E-state index in [0.29, 0.717) is 13.1 Å². The Morgan fingerprint density at radius 1 is 0.889 bits per heavy atom. The minimum atomic E-state index is -4.82. The van der Waals surface area contributed by atoms with Crippen molar-refractivity contribution >= 4 is 15.2 Å². The third-order valence-electron chi connectivity index (χ3n) is 3.92. The first-order chi connectivity index (χ1) is 8.14. The number of hydrogen-bond donors (Lipinski definition) is 4. The molecule has 1 aliphatic heterocycles. The van der Waals surface area contributed by atoms with Gasteiger partial charge in [-0.25, -0.2) is 0 Å². The summed E-state index contributed by atoms with van der Waals surface area (Å²) in [5, 5.41) is 0. The van der Waals surface area contributed by atoms with Gasteiger partial charge in [-0.3, -0.25) is 14.0 Å². The second-order valence-corrected chi connectivity index (χ2v) is 9.23. The quantitative estimate of drug-likeness (QED) is 0.571. The predicted molar refractivity (Wildman–Crippen MR) is 65.0 cm³/mol. The molecule has 1 aliphatic carbocycles. The molecule has 18 heavy (non-hydrogen) atoms. The molecule has 0 aromatic rings. The van der Waals surface area contributed by atoms with Crippen molar-refractivity contribution in [2.24, 2.45) is 5.41 Å². The molecule has 2 rings (SSSR count). The van der Waals surface area contributed by atoms with Crippen LogP contribution >= 0.6 is 15.2 Å². The Kier molecular flexibility index (Phi) is 3.80. The van der Waals surface area contributed by atoms with Crippen LogP contribution in [0.3, 0.4) is 0 Å². The van der Waals surface area contributed by atoms with Crippen molar-refractivity contribution in [2.75, 3.05) is 13.1 Å². The summed E-state index contributed by atoms with van der Waals surface area (Å²) in [5.74, 6) is 0. The van der Waals surface area contributed by atoms with Crippen LogP contribution in [-0.4, -0.2) is 43.1 Å². The number of hydrogen-bond acceptors (Lipinski definition) is 3. The van der Waals surface area contributed by atoms with Gasteiger partial charge >= 0.3 is 15.2 Å². The number of nitrogens with zero attached hydrogens (tertiary/aromatic N) is 1. The summed E-state index contributed by atoms with van der Waals surface area (Å²) in [6.07, 6.45) is 5.31. The van der Waals surface area contributed by atoms with Crippen molar-refractivity contribution in [3.8, 4) is 0 Å². The fourth-order valence-electron chi connectivity index (χ4n) is 3.22. The van der Waals surface area contributed by atoms with Crippen LogP contribution in [0.25, 0.3) is 0 Å². The standard InChI is InChI=1S/C9H19NO6P2/c11-17(12,13)8(18(14,15)16)10-6-9(7-10)4-2-1-3-5-9/h8H,1-7H2,(H2,11,12,13)(H2,14,15,16). The second kappa shape index (κ2) is 4.67. The van der Waals surface area contributed by atoms with Gasteiger partial charge in [0.15, 0.2) is 0 Å². The molecular weight excluding hydrogens is 280 g/mol. The molecule has 1 heterocycles. The summed E-state index contributed by atoms with van der Waals surface area (Å²) in [6.45, 7) is 0.766. The normalized spacial score (nSPS) is 25.4. The third kappa shape index (κ3) is 2.88. The van der Waals surface area contributed by atoms with Crippen LogP contribution in [0.15, 0.2) is 0 Å². The van der Waals surface area contributed by atoms with E-state index < -0.39 is 20.7 Å². The van der Waals surface area contributed by atoms with Crippen molar-refractivity contribution in [3.05, 3.63) is 0 Å². The zero-order chi connectivity index (χ0) is 13.6. The van der Waals surface area contributed by atoms with Gasteiger partial charge in [-0.15, -0.1) is 0 Å². The van der Waals surface area contributed by atoms with E-state index in [-0.39, 0.29) is 5.41 Å². The van der Waals surface area contributed by atoms with E-state index in [0.717, 1.165) is 25.7 Å². The lowest BCUT2D eigenvalue weighted by Crippen LogP contribution is -2.60. The lowest BCUT2D eigenvalue weighted by molar-refractivity contribution is -0.0303. The van der Waals surface area contributed by atoms with E-state index in [2.05, 4.69) is 0 Å². The molecule has 9 heteroatoms. The van der Waals surface area contributed by atoms with Crippen LogP contribution in [0, 0.1) is 5.41 Å². The Bertz CT molecular complexity index is 379. The van der Waals surface area contributed by atoms with Gasteiger partial charge in [0.05, 0.1) is 0 Å². The first kappa shape index (κ1) is 14.7. The maximum absolute atomic E-state index is 11.2. The molecule has 0 unspecified atom stereocenters. The second-order valence-electron chi connectivity index (χ2n) is 5.49. The summed E-state index contributed by atoms with van der Waals surface area (Å²) in [5.41, 5.74) is -1.93. The summed E-state index contributed by atoms with van der Waals surface area (Å²) < 4.78 is 22.5. The molecule has 1 saturated heterocycles. The van der Waals surface area contributed by atoms with E-state index in [1.807, 2.05) is 0 Å². The molecule has 0 aromatic carbocycles. The van der Waals surface area contributed by atoms with E-state index in [1.54, 1.807) is 0 Å². The minimum absolute atomic E-state index is 0.0286. The maximum Gasteiger partial charge on any atom is 0.354 e. The van der Waals surface area contributed by atoms with Gasteiger partial charge in [-0.1, -0.05) is 19.3 Å². The molecule has 0 radical (unpaired) electrons. The largest absolute Gasteiger partial charge is 0.354 e. The van der Waals surface area contributed by atoms with Crippen LogP contribution < -0.4 is 0 Å². The first-order valence-corrected chi connectivity index (χ1v) is 9.35. The zero-order valence-electron chi connectivity index (χ0n) is 9.97. The van der Waals surface area contributed by atoms with Gasteiger partial charge in [0.1, 0.15) is 0 Å². The Morgan fingerprint density at radius 3 is 1.72 bits per heavy atom. The Morgan fingerprint density at radius 2 is 1.33 bits per heavy atom. The predicted octanol–water partition coefficient (Wildman–Crippen LogP) is 0.891. The van der Waals surface area contributed by atoms with E-state index in [1.165, 1.54) is 11.3 Å². The van der Waals surface area contributed by atoms with Crippen LogP contribution in [0.5, 0.6) is 0 Å². The fourth-order valence-corrected chi connectivity index (χ4v) is 5.96. The fraction of sp³-hybridized carbons (Fsp3) is 1.00. The summed E-state index contributed by atoms with van der Waals surface area (Å²) in [7, 11) is -9.65. The molecule has 7 nitrogen and oxygen atoms in total. The Balaban J connectivity index is 2.08. The maximum atomic E-state index is 11.2. The molecule has 2 fully saturated rings. The molecule has 0 atom stereocenters.